The van der Waals surface area contributed by atoms with Gasteiger partial charge in [0, 0.05) is 24.5 Å². The summed E-state index contributed by atoms with van der Waals surface area (Å²) in [5, 5.41) is 24.0. The zero-order valence-corrected chi connectivity index (χ0v) is 13.2. The minimum absolute atomic E-state index is 0.0289. The molecule has 0 aromatic heterocycles. The van der Waals surface area contributed by atoms with Crippen LogP contribution in [0.5, 0.6) is 17.2 Å². The van der Waals surface area contributed by atoms with Crippen molar-refractivity contribution in [2.45, 2.75) is 6.54 Å². The lowest BCUT2D eigenvalue weighted by atomic mass is 10.2. The molecule has 0 spiro atoms. The quantitative estimate of drug-likeness (QED) is 0.571. The molecule has 7 heteroatoms. The van der Waals surface area contributed by atoms with Gasteiger partial charge in [0.05, 0.1) is 0 Å². The van der Waals surface area contributed by atoms with E-state index in [0.717, 1.165) is 5.56 Å². The van der Waals surface area contributed by atoms with Crippen LogP contribution >= 0.6 is 0 Å². The average molecular weight is 337 g/mol. The van der Waals surface area contributed by atoms with E-state index in [0.29, 0.717) is 23.7 Å². The van der Waals surface area contributed by atoms with Crippen molar-refractivity contribution in [1.82, 2.24) is 5.32 Å². The number of anilines is 1. The Labute approximate surface area is 144 Å². The molecule has 0 unspecified atom stereocenters. The Morgan fingerprint density at radius 2 is 2.08 bits per heavy atom. The van der Waals surface area contributed by atoms with Gasteiger partial charge in [0.1, 0.15) is 17.4 Å². The van der Waals surface area contributed by atoms with Gasteiger partial charge in [0.15, 0.2) is 11.5 Å². The van der Waals surface area contributed by atoms with E-state index in [-0.39, 0.29) is 18.1 Å². The van der Waals surface area contributed by atoms with E-state index in [1.807, 2.05) is 24.3 Å². The summed E-state index contributed by atoms with van der Waals surface area (Å²) in [6, 6.07) is 13.5. The SMILES string of the molecule is N#C/C(=C/NCc1ccc2c(c1)OCO2)C(=O)Nc1cccc(O)c1. The second kappa shape index (κ2) is 7.27. The first-order chi connectivity index (χ1) is 12.2. The minimum Gasteiger partial charge on any atom is -0.508 e. The van der Waals surface area contributed by atoms with Crippen LogP contribution < -0.4 is 20.1 Å². The number of hydrogen-bond donors (Lipinski definition) is 3. The summed E-state index contributed by atoms with van der Waals surface area (Å²) in [7, 11) is 0. The van der Waals surface area contributed by atoms with Gasteiger partial charge in [-0.3, -0.25) is 4.79 Å². The molecule has 1 aliphatic heterocycles. The van der Waals surface area contributed by atoms with Crippen LogP contribution in [0.1, 0.15) is 5.56 Å². The Morgan fingerprint density at radius 1 is 1.24 bits per heavy atom. The second-order valence-electron chi connectivity index (χ2n) is 5.24. The molecule has 2 aromatic carbocycles. The first-order valence-corrected chi connectivity index (χ1v) is 7.48. The molecule has 0 atom stereocenters. The molecule has 1 heterocycles. The van der Waals surface area contributed by atoms with Crippen LogP contribution in [0.15, 0.2) is 54.2 Å². The Morgan fingerprint density at radius 3 is 2.88 bits per heavy atom. The fourth-order valence-corrected chi connectivity index (χ4v) is 2.25. The molecule has 0 saturated carbocycles. The monoisotopic (exact) mass is 337 g/mol. The van der Waals surface area contributed by atoms with E-state index < -0.39 is 5.91 Å². The summed E-state index contributed by atoms with van der Waals surface area (Å²) < 4.78 is 10.5. The predicted octanol–water partition coefficient (Wildman–Crippen LogP) is 2.26. The number of benzene rings is 2. The molecule has 3 N–H and O–H groups in total. The molecule has 0 fully saturated rings. The minimum atomic E-state index is -0.564. The third kappa shape index (κ3) is 4.00. The molecule has 0 aliphatic carbocycles. The van der Waals surface area contributed by atoms with Crippen LogP contribution in [-0.4, -0.2) is 17.8 Å². The van der Waals surface area contributed by atoms with Gasteiger partial charge < -0.3 is 25.2 Å². The Hall–Kier alpha value is -3.66. The summed E-state index contributed by atoms with van der Waals surface area (Å²) in [5.41, 5.74) is 1.25. The number of nitrogens with one attached hydrogen (secondary N) is 2. The molecule has 1 amide bonds. The Balaban J connectivity index is 1.60. The van der Waals surface area contributed by atoms with Gasteiger partial charge in [0.25, 0.3) is 5.91 Å². The van der Waals surface area contributed by atoms with Crippen LogP contribution in [0.4, 0.5) is 5.69 Å². The van der Waals surface area contributed by atoms with Crippen molar-refractivity contribution >= 4 is 11.6 Å². The molecular formula is C18H15N3O4. The number of phenols is 1. The van der Waals surface area contributed by atoms with Gasteiger partial charge in [-0.1, -0.05) is 12.1 Å². The summed E-state index contributed by atoms with van der Waals surface area (Å²) >= 11 is 0. The number of carbonyl (C=O) groups is 1. The van der Waals surface area contributed by atoms with Crippen LogP contribution in [0.2, 0.25) is 0 Å². The normalized spacial score (nSPS) is 12.4. The van der Waals surface area contributed by atoms with Crippen molar-refractivity contribution in [3.63, 3.8) is 0 Å². The molecule has 7 nitrogen and oxygen atoms in total. The van der Waals surface area contributed by atoms with Crippen LogP contribution in [-0.2, 0) is 11.3 Å². The van der Waals surface area contributed by atoms with E-state index in [1.54, 1.807) is 12.1 Å². The van der Waals surface area contributed by atoms with E-state index in [9.17, 15) is 9.90 Å². The summed E-state index contributed by atoms with van der Waals surface area (Å²) in [6.45, 7) is 0.626. The lowest BCUT2D eigenvalue weighted by molar-refractivity contribution is -0.112. The number of rotatable bonds is 5. The fraction of sp³-hybridized carbons (Fsp3) is 0.111. The molecule has 3 rings (SSSR count). The van der Waals surface area contributed by atoms with Crippen LogP contribution in [0, 0.1) is 11.3 Å². The highest BCUT2D eigenvalue weighted by Gasteiger charge is 2.13. The van der Waals surface area contributed by atoms with Gasteiger partial charge in [-0.05, 0) is 29.8 Å². The van der Waals surface area contributed by atoms with Gasteiger partial charge in [-0.25, -0.2) is 0 Å². The largest absolute Gasteiger partial charge is 0.508 e. The molecule has 126 valence electrons. The molecule has 2 aromatic rings. The van der Waals surface area contributed by atoms with Gasteiger partial charge in [0.2, 0.25) is 6.79 Å². The highest BCUT2D eigenvalue weighted by atomic mass is 16.7. The zero-order chi connectivity index (χ0) is 17.6. The number of carbonyl (C=O) groups excluding carboxylic acids is 1. The van der Waals surface area contributed by atoms with E-state index in [2.05, 4.69) is 10.6 Å². The van der Waals surface area contributed by atoms with Crippen LogP contribution in [0.25, 0.3) is 0 Å². The zero-order valence-electron chi connectivity index (χ0n) is 13.2. The lowest BCUT2D eigenvalue weighted by Gasteiger charge is -2.06. The Bertz CT molecular complexity index is 871. The van der Waals surface area contributed by atoms with Crippen molar-refractivity contribution < 1.29 is 19.4 Å². The van der Waals surface area contributed by atoms with Crippen molar-refractivity contribution in [1.29, 1.82) is 5.26 Å². The van der Waals surface area contributed by atoms with Gasteiger partial charge in [-0.15, -0.1) is 0 Å². The van der Waals surface area contributed by atoms with Crippen molar-refractivity contribution in [3.05, 3.63) is 59.8 Å². The van der Waals surface area contributed by atoms with Gasteiger partial charge in [-0.2, -0.15) is 5.26 Å². The maximum Gasteiger partial charge on any atom is 0.267 e. The number of nitrogens with zero attached hydrogens (tertiary/aromatic N) is 1. The number of aromatic hydroxyl groups is 1. The third-order valence-corrected chi connectivity index (χ3v) is 3.46. The molecule has 25 heavy (non-hydrogen) atoms. The summed E-state index contributed by atoms with van der Waals surface area (Å²) in [6.07, 6.45) is 1.35. The highest BCUT2D eigenvalue weighted by Crippen LogP contribution is 2.32. The maximum absolute atomic E-state index is 12.1. The first-order valence-electron chi connectivity index (χ1n) is 7.48. The number of ether oxygens (including phenoxy) is 2. The fourth-order valence-electron chi connectivity index (χ4n) is 2.25. The first kappa shape index (κ1) is 16.2. The molecule has 0 saturated heterocycles. The average Bonchev–Trinajstić information content (AvgIpc) is 3.06. The number of fused-ring (bicyclic) bond motifs is 1. The molecule has 1 aliphatic rings. The van der Waals surface area contributed by atoms with E-state index >= 15 is 0 Å². The molecule has 0 bridgehead atoms. The van der Waals surface area contributed by atoms with Crippen molar-refractivity contribution in [2.24, 2.45) is 0 Å². The van der Waals surface area contributed by atoms with Crippen molar-refractivity contribution in [3.8, 4) is 23.3 Å². The van der Waals surface area contributed by atoms with E-state index in [4.69, 9.17) is 14.7 Å². The van der Waals surface area contributed by atoms with E-state index in [1.165, 1.54) is 18.3 Å². The smallest absolute Gasteiger partial charge is 0.267 e. The summed E-state index contributed by atoms with van der Waals surface area (Å²) in [5.74, 6) is 0.834. The molecular weight excluding hydrogens is 322 g/mol. The van der Waals surface area contributed by atoms with Crippen molar-refractivity contribution in [2.75, 3.05) is 12.1 Å². The standard InChI is InChI=1S/C18H15N3O4/c19-8-13(18(23)21-14-2-1-3-15(22)7-14)10-20-9-12-4-5-16-17(6-12)25-11-24-16/h1-7,10,20,22H,9,11H2,(H,21,23)/b13-10-. The summed E-state index contributed by atoms with van der Waals surface area (Å²) in [4.78, 5) is 12.1. The van der Waals surface area contributed by atoms with Crippen LogP contribution in [0.3, 0.4) is 0 Å². The number of hydrogen-bond acceptors (Lipinski definition) is 6. The predicted molar refractivity (Wildman–Crippen MR) is 89.8 cm³/mol. The van der Waals surface area contributed by atoms with Gasteiger partial charge >= 0.3 is 0 Å². The topological polar surface area (TPSA) is 104 Å². The number of phenolic OH excluding ortho intramolecular Hbond substituents is 1. The number of amides is 1. The number of nitriles is 1. The second-order valence-corrected chi connectivity index (χ2v) is 5.24. The maximum atomic E-state index is 12.1. The highest BCUT2D eigenvalue weighted by molar-refractivity contribution is 6.06. The molecule has 0 radical (unpaired) electrons. The lowest BCUT2D eigenvalue weighted by Crippen LogP contribution is -2.16. The Kier molecular flexibility index (Phi) is 4.72. The third-order valence-electron chi connectivity index (χ3n) is 3.46.